The largest absolute Gasteiger partial charge is 0.381 e. The Morgan fingerprint density at radius 3 is 2.76 bits per heavy atom. The SMILES string of the molecule is CC(C)C1CCCC(Nc2cccc3cccnc23)CC1. The van der Waals surface area contributed by atoms with Gasteiger partial charge < -0.3 is 5.32 Å². The van der Waals surface area contributed by atoms with Crippen molar-refractivity contribution in [1.29, 1.82) is 0 Å². The van der Waals surface area contributed by atoms with Crippen LogP contribution in [-0.2, 0) is 0 Å². The molecule has 1 aromatic heterocycles. The monoisotopic (exact) mass is 282 g/mol. The van der Waals surface area contributed by atoms with Crippen molar-refractivity contribution < 1.29 is 0 Å². The number of pyridine rings is 1. The summed E-state index contributed by atoms with van der Waals surface area (Å²) in [5.41, 5.74) is 2.30. The highest BCUT2D eigenvalue weighted by Gasteiger charge is 2.21. The van der Waals surface area contributed by atoms with E-state index in [1.165, 1.54) is 43.2 Å². The smallest absolute Gasteiger partial charge is 0.0933 e. The zero-order valence-electron chi connectivity index (χ0n) is 13.2. The first kappa shape index (κ1) is 14.4. The molecule has 1 saturated carbocycles. The molecule has 112 valence electrons. The molecule has 1 N–H and O–H groups in total. The van der Waals surface area contributed by atoms with Crippen LogP contribution in [0.2, 0.25) is 0 Å². The first-order valence-electron chi connectivity index (χ1n) is 8.34. The molecule has 2 heteroatoms. The molecule has 3 rings (SSSR count). The predicted molar refractivity (Wildman–Crippen MR) is 90.6 cm³/mol. The normalized spacial score (nSPS) is 23.2. The van der Waals surface area contributed by atoms with Gasteiger partial charge in [0.05, 0.1) is 11.2 Å². The van der Waals surface area contributed by atoms with Crippen molar-refractivity contribution in [1.82, 2.24) is 4.98 Å². The summed E-state index contributed by atoms with van der Waals surface area (Å²) in [4.78, 5) is 4.55. The highest BCUT2D eigenvalue weighted by Crippen LogP contribution is 2.31. The number of fused-ring (bicyclic) bond motifs is 1. The molecule has 0 aliphatic heterocycles. The predicted octanol–water partition coefficient (Wildman–Crippen LogP) is 5.25. The lowest BCUT2D eigenvalue weighted by Crippen LogP contribution is -2.19. The number of nitrogens with zero attached hydrogens (tertiary/aromatic N) is 1. The molecule has 1 aromatic carbocycles. The summed E-state index contributed by atoms with van der Waals surface area (Å²) in [7, 11) is 0. The number of para-hydroxylation sites is 1. The second-order valence-corrected chi connectivity index (χ2v) is 6.73. The molecule has 1 aliphatic carbocycles. The van der Waals surface area contributed by atoms with E-state index >= 15 is 0 Å². The van der Waals surface area contributed by atoms with Crippen LogP contribution in [0.25, 0.3) is 10.9 Å². The fourth-order valence-corrected chi connectivity index (χ4v) is 3.58. The van der Waals surface area contributed by atoms with Gasteiger partial charge in [0.2, 0.25) is 0 Å². The standard InChI is InChI=1S/C19H26N2/c1-14(2)15-6-3-9-17(12-11-15)21-18-10-4-7-16-8-5-13-20-19(16)18/h4-5,7-8,10,13-15,17,21H,3,6,9,11-12H2,1-2H3. The Balaban J connectivity index is 1.73. The van der Waals surface area contributed by atoms with E-state index in [1.54, 1.807) is 0 Å². The van der Waals surface area contributed by atoms with Gasteiger partial charge in [-0.25, -0.2) is 0 Å². The van der Waals surface area contributed by atoms with E-state index in [-0.39, 0.29) is 0 Å². The second kappa shape index (κ2) is 6.46. The van der Waals surface area contributed by atoms with E-state index < -0.39 is 0 Å². The molecular weight excluding hydrogens is 256 g/mol. The Hall–Kier alpha value is -1.57. The third kappa shape index (κ3) is 3.37. The van der Waals surface area contributed by atoms with Gasteiger partial charge in [-0.3, -0.25) is 4.98 Å². The Kier molecular flexibility index (Phi) is 4.42. The van der Waals surface area contributed by atoms with Crippen LogP contribution in [-0.4, -0.2) is 11.0 Å². The first-order chi connectivity index (χ1) is 10.2. The molecule has 0 saturated heterocycles. The number of hydrogen-bond acceptors (Lipinski definition) is 2. The molecule has 0 amide bonds. The number of rotatable bonds is 3. The van der Waals surface area contributed by atoms with E-state index in [1.807, 2.05) is 12.3 Å². The van der Waals surface area contributed by atoms with Crippen LogP contribution in [0.15, 0.2) is 36.5 Å². The Bertz CT molecular complexity index is 586. The first-order valence-corrected chi connectivity index (χ1v) is 8.34. The lowest BCUT2D eigenvalue weighted by Gasteiger charge is -2.20. The van der Waals surface area contributed by atoms with Crippen LogP contribution >= 0.6 is 0 Å². The van der Waals surface area contributed by atoms with Gasteiger partial charge >= 0.3 is 0 Å². The highest BCUT2D eigenvalue weighted by molar-refractivity contribution is 5.90. The molecule has 0 radical (unpaired) electrons. The third-order valence-corrected chi connectivity index (χ3v) is 4.95. The van der Waals surface area contributed by atoms with Gasteiger partial charge in [-0.15, -0.1) is 0 Å². The number of nitrogens with one attached hydrogen (secondary N) is 1. The van der Waals surface area contributed by atoms with Crippen molar-refractivity contribution in [2.24, 2.45) is 11.8 Å². The minimum Gasteiger partial charge on any atom is -0.381 e. The summed E-state index contributed by atoms with van der Waals surface area (Å²) in [5, 5.41) is 4.98. The Morgan fingerprint density at radius 1 is 1.05 bits per heavy atom. The molecular formula is C19H26N2. The molecule has 0 bridgehead atoms. The summed E-state index contributed by atoms with van der Waals surface area (Å²) in [5.74, 6) is 1.73. The van der Waals surface area contributed by atoms with Crippen molar-refractivity contribution >= 4 is 16.6 Å². The van der Waals surface area contributed by atoms with Crippen molar-refractivity contribution in [2.45, 2.75) is 52.0 Å². The topological polar surface area (TPSA) is 24.9 Å². The molecule has 1 heterocycles. The average molecular weight is 282 g/mol. The Labute approximate surface area is 128 Å². The van der Waals surface area contributed by atoms with Crippen LogP contribution in [0.4, 0.5) is 5.69 Å². The van der Waals surface area contributed by atoms with Gasteiger partial charge in [0.25, 0.3) is 0 Å². The second-order valence-electron chi connectivity index (χ2n) is 6.73. The number of benzene rings is 1. The van der Waals surface area contributed by atoms with Gasteiger partial charge in [-0.1, -0.05) is 44.9 Å². The Morgan fingerprint density at radius 2 is 1.90 bits per heavy atom. The maximum absolute atomic E-state index is 4.55. The molecule has 0 spiro atoms. The van der Waals surface area contributed by atoms with Crippen LogP contribution < -0.4 is 5.32 Å². The molecule has 1 fully saturated rings. The maximum atomic E-state index is 4.55. The summed E-state index contributed by atoms with van der Waals surface area (Å²) >= 11 is 0. The van der Waals surface area contributed by atoms with Crippen molar-refractivity contribution in [3.63, 3.8) is 0 Å². The van der Waals surface area contributed by atoms with Crippen LogP contribution in [0, 0.1) is 11.8 Å². The summed E-state index contributed by atoms with van der Waals surface area (Å²) in [6.45, 7) is 4.74. The van der Waals surface area contributed by atoms with Gasteiger partial charge in [-0.2, -0.15) is 0 Å². The summed E-state index contributed by atoms with van der Waals surface area (Å²) in [6.07, 6.45) is 8.55. The van der Waals surface area contributed by atoms with Gasteiger partial charge in [0, 0.05) is 17.6 Å². The van der Waals surface area contributed by atoms with E-state index in [4.69, 9.17) is 0 Å². The minimum absolute atomic E-state index is 0.598. The fourth-order valence-electron chi connectivity index (χ4n) is 3.58. The van der Waals surface area contributed by atoms with Gasteiger partial charge in [-0.05, 0) is 43.2 Å². The zero-order valence-corrected chi connectivity index (χ0v) is 13.2. The molecule has 2 aromatic rings. The fraction of sp³-hybridized carbons (Fsp3) is 0.526. The van der Waals surface area contributed by atoms with Crippen molar-refractivity contribution in [3.8, 4) is 0 Å². The van der Waals surface area contributed by atoms with E-state index in [2.05, 4.69) is 48.4 Å². The number of aromatic nitrogens is 1. The van der Waals surface area contributed by atoms with E-state index in [0.717, 1.165) is 17.4 Å². The lowest BCUT2D eigenvalue weighted by molar-refractivity contribution is 0.341. The quantitative estimate of drug-likeness (QED) is 0.777. The van der Waals surface area contributed by atoms with E-state index in [0.29, 0.717) is 6.04 Å². The molecule has 21 heavy (non-hydrogen) atoms. The van der Waals surface area contributed by atoms with Crippen LogP contribution in [0.5, 0.6) is 0 Å². The van der Waals surface area contributed by atoms with E-state index in [9.17, 15) is 0 Å². The summed E-state index contributed by atoms with van der Waals surface area (Å²) < 4.78 is 0. The molecule has 2 unspecified atom stereocenters. The minimum atomic E-state index is 0.598. The van der Waals surface area contributed by atoms with Crippen LogP contribution in [0.3, 0.4) is 0 Å². The van der Waals surface area contributed by atoms with Crippen molar-refractivity contribution in [2.75, 3.05) is 5.32 Å². The van der Waals surface area contributed by atoms with Crippen LogP contribution in [0.1, 0.15) is 46.0 Å². The molecule has 2 nitrogen and oxygen atoms in total. The summed E-state index contributed by atoms with van der Waals surface area (Å²) in [6, 6.07) is 11.2. The third-order valence-electron chi connectivity index (χ3n) is 4.95. The zero-order chi connectivity index (χ0) is 14.7. The highest BCUT2D eigenvalue weighted by atomic mass is 14.9. The molecule has 1 aliphatic rings. The number of hydrogen-bond donors (Lipinski definition) is 1. The van der Waals surface area contributed by atoms with Gasteiger partial charge in [0.15, 0.2) is 0 Å². The molecule has 2 atom stereocenters. The maximum Gasteiger partial charge on any atom is 0.0933 e. The lowest BCUT2D eigenvalue weighted by atomic mass is 9.89. The van der Waals surface area contributed by atoms with Crippen molar-refractivity contribution in [3.05, 3.63) is 36.5 Å². The van der Waals surface area contributed by atoms with Gasteiger partial charge in [0.1, 0.15) is 0 Å². The number of anilines is 1. The average Bonchev–Trinajstić information content (AvgIpc) is 2.73.